The summed E-state index contributed by atoms with van der Waals surface area (Å²) in [5.74, 6) is 1.10. The summed E-state index contributed by atoms with van der Waals surface area (Å²) in [6.45, 7) is 2.46. The number of carbonyl (C=O) groups excluding carboxylic acids is 1. The standard InChI is InChI=1S/C19H17NO4/c1-3-23-16-10-9-13(12-17(16)22-2)11-15-19(21)24-18(20-15)14-7-5-4-6-8-14/h4-12H,3H2,1-2H3. The molecule has 3 rings (SSSR count). The highest BCUT2D eigenvalue weighted by Crippen LogP contribution is 2.29. The van der Waals surface area contributed by atoms with Crippen LogP contribution in [0.1, 0.15) is 18.1 Å². The number of hydrogen-bond donors (Lipinski definition) is 0. The van der Waals surface area contributed by atoms with E-state index in [9.17, 15) is 4.79 Å². The summed E-state index contributed by atoms with van der Waals surface area (Å²) in [7, 11) is 1.57. The molecule has 1 heterocycles. The average Bonchev–Trinajstić information content (AvgIpc) is 2.98. The Labute approximate surface area is 140 Å². The highest BCUT2D eigenvalue weighted by atomic mass is 16.6. The zero-order chi connectivity index (χ0) is 16.9. The molecule has 0 N–H and O–H groups in total. The zero-order valence-electron chi connectivity index (χ0n) is 13.5. The van der Waals surface area contributed by atoms with E-state index >= 15 is 0 Å². The fourth-order valence-electron chi connectivity index (χ4n) is 2.32. The maximum Gasteiger partial charge on any atom is 0.363 e. The van der Waals surface area contributed by atoms with Crippen molar-refractivity contribution in [3.8, 4) is 11.5 Å². The normalized spacial score (nSPS) is 15.2. The van der Waals surface area contributed by atoms with Gasteiger partial charge in [-0.2, -0.15) is 0 Å². The minimum Gasteiger partial charge on any atom is -0.493 e. The van der Waals surface area contributed by atoms with Crippen molar-refractivity contribution in [3.05, 3.63) is 65.4 Å². The van der Waals surface area contributed by atoms with Crippen molar-refractivity contribution in [1.82, 2.24) is 0 Å². The monoisotopic (exact) mass is 323 g/mol. The molecule has 0 bridgehead atoms. The van der Waals surface area contributed by atoms with Crippen molar-refractivity contribution < 1.29 is 19.0 Å². The summed E-state index contributed by atoms with van der Waals surface area (Å²) in [5.41, 5.74) is 1.79. The molecule has 5 heteroatoms. The molecule has 0 amide bonds. The van der Waals surface area contributed by atoms with Gasteiger partial charge in [-0.05, 0) is 42.8 Å². The Morgan fingerprint density at radius 2 is 1.92 bits per heavy atom. The Morgan fingerprint density at radius 1 is 1.12 bits per heavy atom. The van der Waals surface area contributed by atoms with Crippen molar-refractivity contribution in [2.24, 2.45) is 4.99 Å². The molecule has 24 heavy (non-hydrogen) atoms. The molecule has 2 aromatic carbocycles. The number of aliphatic imine (C=N–C) groups is 1. The molecule has 122 valence electrons. The van der Waals surface area contributed by atoms with Gasteiger partial charge in [0.2, 0.25) is 5.90 Å². The van der Waals surface area contributed by atoms with Crippen LogP contribution in [0.5, 0.6) is 11.5 Å². The van der Waals surface area contributed by atoms with Gasteiger partial charge in [-0.15, -0.1) is 0 Å². The van der Waals surface area contributed by atoms with Gasteiger partial charge in [0.1, 0.15) is 0 Å². The third kappa shape index (κ3) is 3.30. The number of nitrogens with zero attached hydrogens (tertiary/aromatic N) is 1. The van der Waals surface area contributed by atoms with E-state index in [4.69, 9.17) is 14.2 Å². The molecule has 1 aliphatic rings. The number of rotatable bonds is 5. The van der Waals surface area contributed by atoms with Crippen LogP contribution in [0.2, 0.25) is 0 Å². The van der Waals surface area contributed by atoms with Gasteiger partial charge in [-0.1, -0.05) is 24.3 Å². The summed E-state index contributed by atoms with van der Waals surface area (Å²) in [4.78, 5) is 16.3. The molecule has 0 radical (unpaired) electrons. The Morgan fingerprint density at radius 3 is 2.62 bits per heavy atom. The molecule has 5 nitrogen and oxygen atoms in total. The molecule has 0 saturated heterocycles. The van der Waals surface area contributed by atoms with Crippen LogP contribution >= 0.6 is 0 Å². The Bertz CT molecular complexity index is 809. The lowest BCUT2D eigenvalue weighted by Crippen LogP contribution is -2.04. The van der Waals surface area contributed by atoms with Crippen LogP contribution in [0.25, 0.3) is 6.08 Å². The quantitative estimate of drug-likeness (QED) is 0.625. The highest BCUT2D eigenvalue weighted by Gasteiger charge is 2.24. The minimum absolute atomic E-state index is 0.250. The summed E-state index contributed by atoms with van der Waals surface area (Å²) in [6, 6.07) is 14.7. The van der Waals surface area contributed by atoms with Crippen LogP contribution in [0.15, 0.2) is 59.2 Å². The van der Waals surface area contributed by atoms with Crippen molar-refractivity contribution >= 4 is 17.9 Å². The predicted molar refractivity (Wildman–Crippen MR) is 91.2 cm³/mol. The molecule has 0 atom stereocenters. The SMILES string of the molecule is CCOc1ccc(C=C2N=C(c3ccccc3)OC2=O)cc1OC. The first-order chi connectivity index (χ1) is 11.7. The van der Waals surface area contributed by atoms with Crippen LogP contribution in [0.4, 0.5) is 0 Å². The number of hydrogen-bond acceptors (Lipinski definition) is 5. The van der Waals surface area contributed by atoms with Crippen LogP contribution < -0.4 is 9.47 Å². The van der Waals surface area contributed by atoms with Gasteiger partial charge >= 0.3 is 5.97 Å². The third-order valence-corrected chi connectivity index (χ3v) is 3.43. The molecule has 0 spiro atoms. The fourth-order valence-corrected chi connectivity index (χ4v) is 2.32. The molecule has 2 aromatic rings. The summed E-state index contributed by atoms with van der Waals surface area (Å²) >= 11 is 0. The zero-order valence-corrected chi connectivity index (χ0v) is 13.5. The average molecular weight is 323 g/mol. The smallest absolute Gasteiger partial charge is 0.363 e. The first-order valence-electron chi connectivity index (χ1n) is 7.60. The number of methoxy groups -OCH3 is 1. The fraction of sp³-hybridized carbons (Fsp3) is 0.158. The highest BCUT2D eigenvalue weighted by molar-refractivity contribution is 6.12. The lowest BCUT2D eigenvalue weighted by Gasteiger charge is -2.09. The lowest BCUT2D eigenvalue weighted by molar-refractivity contribution is -0.129. The Balaban J connectivity index is 1.91. The third-order valence-electron chi connectivity index (χ3n) is 3.43. The van der Waals surface area contributed by atoms with Gasteiger partial charge in [0.25, 0.3) is 0 Å². The van der Waals surface area contributed by atoms with E-state index in [0.29, 0.717) is 24.0 Å². The maximum absolute atomic E-state index is 12.0. The summed E-state index contributed by atoms with van der Waals surface area (Å²) in [6.07, 6.45) is 1.66. The minimum atomic E-state index is -0.471. The topological polar surface area (TPSA) is 57.1 Å². The van der Waals surface area contributed by atoms with E-state index in [1.807, 2.05) is 43.3 Å². The molecule has 0 aromatic heterocycles. The van der Waals surface area contributed by atoms with E-state index < -0.39 is 5.97 Å². The van der Waals surface area contributed by atoms with Gasteiger partial charge < -0.3 is 14.2 Å². The number of ether oxygens (including phenoxy) is 3. The molecule has 0 unspecified atom stereocenters. The summed E-state index contributed by atoms with van der Waals surface area (Å²) in [5, 5.41) is 0. The Hall–Kier alpha value is -3.08. The van der Waals surface area contributed by atoms with E-state index in [-0.39, 0.29) is 5.70 Å². The largest absolute Gasteiger partial charge is 0.493 e. The molecular weight excluding hydrogens is 306 g/mol. The first kappa shape index (κ1) is 15.8. The summed E-state index contributed by atoms with van der Waals surface area (Å²) < 4.78 is 16.0. The van der Waals surface area contributed by atoms with Gasteiger partial charge in [0.05, 0.1) is 13.7 Å². The van der Waals surface area contributed by atoms with Crippen LogP contribution in [0, 0.1) is 0 Å². The van der Waals surface area contributed by atoms with E-state index in [2.05, 4.69) is 4.99 Å². The van der Waals surface area contributed by atoms with Crippen LogP contribution in [-0.2, 0) is 9.53 Å². The van der Waals surface area contributed by atoms with Crippen molar-refractivity contribution in [3.63, 3.8) is 0 Å². The number of esters is 1. The van der Waals surface area contributed by atoms with Gasteiger partial charge in [0.15, 0.2) is 17.2 Å². The molecular formula is C19H17NO4. The number of cyclic esters (lactones) is 1. The number of benzene rings is 2. The van der Waals surface area contributed by atoms with Crippen LogP contribution in [-0.4, -0.2) is 25.6 Å². The van der Waals surface area contributed by atoms with Gasteiger partial charge in [-0.25, -0.2) is 9.79 Å². The van der Waals surface area contributed by atoms with Crippen molar-refractivity contribution in [2.45, 2.75) is 6.92 Å². The molecule has 1 aliphatic heterocycles. The van der Waals surface area contributed by atoms with E-state index in [1.54, 1.807) is 25.3 Å². The van der Waals surface area contributed by atoms with Crippen molar-refractivity contribution in [1.29, 1.82) is 0 Å². The number of carbonyl (C=O) groups is 1. The second-order valence-corrected chi connectivity index (χ2v) is 5.05. The lowest BCUT2D eigenvalue weighted by atomic mass is 10.1. The molecule has 0 saturated carbocycles. The van der Waals surface area contributed by atoms with E-state index in [1.165, 1.54) is 0 Å². The Kier molecular flexibility index (Phi) is 4.61. The molecule has 0 aliphatic carbocycles. The maximum atomic E-state index is 12.0. The van der Waals surface area contributed by atoms with Gasteiger partial charge in [0, 0.05) is 5.56 Å². The molecule has 0 fully saturated rings. The van der Waals surface area contributed by atoms with Crippen molar-refractivity contribution in [2.75, 3.05) is 13.7 Å². The first-order valence-corrected chi connectivity index (χ1v) is 7.60. The van der Waals surface area contributed by atoms with Gasteiger partial charge in [-0.3, -0.25) is 0 Å². The van der Waals surface area contributed by atoms with Crippen LogP contribution in [0.3, 0.4) is 0 Å². The van der Waals surface area contributed by atoms with E-state index in [0.717, 1.165) is 11.1 Å². The predicted octanol–water partition coefficient (Wildman–Crippen LogP) is 3.44. The second-order valence-electron chi connectivity index (χ2n) is 5.05. The second kappa shape index (κ2) is 7.00.